The molecular weight excluding hydrogens is 439 g/mol. The van der Waals surface area contributed by atoms with Crippen LogP contribution in [0.3, 0.4) is 0 Å². The first-order valence-electron chi connectivity index (χ1n) is 11.6. The molecule has 4 rings (SSSR count). The zero-order valence-corrected chi connectivity index (χ0v) is 19.8. The number of carboxylic acids is 1. The molecule has 3 atom stereocenters. The van der Waals surface area contributed by atoms with E-state index in [0.717, 1.165) is 43.3 Å². The number of halogens is 1. The van der Waals surface area contributed by atoms with E-state index >= 15 is 4.39 Å². The highest BCUT2D eigenvalue weighted by Gasteiger charge is 2.34. The molecule has 5 nitrogen and oxygen atoms in total. The van der Waals surface area contributed by atoms with Gasteiger partial charge in [0.15, 0.2) is 0 Å². The molecule has 1 fully saturated rings. The number of hydrogen-bond acceptors (Lipinski definition) is 5. The van der Waals surface area contributed by atoms with E-state index in [2.05, 4.69) is 27.4 Å². The number of ether oxygens (including phenoxy) is 1. The summed E-state index contributed by atoms with van der Waals surface area (Å²) in [6.07, 6.45) is 4.20. The first kappa shape index (κ1) is 23.6. The van der Waals surface area contributed by atoms with Crippen LogP contribution in [0.25, 0.3) is 10.9 Å². The van der Waals surface area contributed by atoms with Crippen LogP contribution in [0.4, 0.5) is 4.39 Å². The van der Waals surface area contributed by atoms with Crippen molar-refractivity contribution in [2.24, 2.45) is 11.8 Å². The summed E-state index contributed by atoms with van der Waals surface area (Å²) >= 11 is 1.77. The molecule has 0 amide bonds. The summed E-state index contributed by atoms with van der Waals surface area (Å²) in [6, 6.07) is 11.4. The number of carboxylic acid groups (broad SMARTS) is 1. The number of nitrogens with zero attached hydrogens (tertiary/aromatic N) is 2. The summed E-state index contributed by atoms with van der Waals surface area (Å²) in [5.74, 6) is -0.544. The van der Waals surface area contributed by atoms with Gasteiger partial charge in [0, 0.05) is 23.0 Å². The topological polar surface area (TPSA) is 62.7 Å². The number of aliphatic carboxylic acids is 1. The second-order valence-corrected chi connectivity index (χ2v) is 9.84. The normalized spacial score (nSPS) is 20.1. The van der Waals surface area contributed by atoms with Crippen molar-refractivity contribution in [2.45, 2.75) is 38.3 Å². The Kier molecular flexibility index (Phi) is 7.93. The van der Waals surface area contributed by atoms with Gasteiger partial charge in [0.05, 0.1) is 18.5 Å². The van der Waals surface area contributed by atoms with Crippen molar-refractivity contribution in [2.75, 3.05) is 26.7 Å². The van der Waals surface area contributed by atoms with Crippen LogP contribution in [-0.2, 0) is 11.2 Å². The van der Waals surface area contributed by atoms with Gasteiger partial charge in [0.2, 0.25) is 0 Å². The number of rotatable bonds is 10. The lowest BCUT2D eigenvalue weighted by molar-refractivity contribution is -0.146. The first-order chi connectivity index (χ1) is 16.0. The molecule has 3 heterocycles. The molecule has 0 bridgehead atoms. The van der Waals surface area contributed by atoms with Crippen molar-refractivity contribution < 1.29 is 19.0 Å². The van der Waals surface area contributed by atoms with Crippen molar-refractivity contribution >= 4 is 28.2 Å². The maximum absolute atomic E-state index is 15.3. The van der Waals surface area contributed by atoms with Gasteiger partial charge in [0.25, 0.3) is 0 Å². The number of hydrogen-bond donors (Lipinski definition) is 1. The molecule has 0 spiro atoms. The Labute approximate surface area is 198 Å². The third kappa shape index (κ3) is 5.89. The van der Waals surface area contributed by atoms with Gasteiger partial charge in [-0.1, -0.05) is 6.07 Å². The van der Waals surface area contributed by atoms with Crippen LogP contribution in [0.15, 0.2) is 48.0 Å². The van der Waals surface area contributed by atoms with E-state index in [1.54, 1.807) is 30.7 Å². The van der Waals surface area contributed by atoms with Crippen molar-refractivity contribution in [1.29, 1.82) is 0 Å². The zero-order chi connectivity index (χ0) is 23.2. The number of alkyl halides is 1. The van der Waals surface area contributed by atoms with Crippen LogP contribution in [0, 0.1) is 11.8 Å². The molecule has 33 heavy (non-hydrogen) atoms. The van der Waals surface area contributed by atoms with Crippen LogP contribution in [0.2, 0.25) is 0 Å². The van der Waals surface area contributed by atoms with Gasteiger partial charge in [-0.25, -0.2) is 4.39 Å². The highest BCUT2D eigenvalue weighted by atomic mass is 32.1. The average Bonchev–Trinajstić information content (AvgIpc) is 3.35. The van der Waals surface area contributed by atoms with E-state index in [1.807, 2.05) is 18.2 Å². The third-order valence-corrected chi connectivity index (χ3v) is 7.68. The van der Waals surface area contributed by atoms with E-state index in [1.165, 1.54) is 4.88 Å². The number of likely N-dealkylation sites (tertiary alicyclic amines) is 1. The number of fused-ring (bicyclic) bond motifs is 1. The molecule has 176 valence electrons. The van der Waals surface area contributed by atoms with Gasteiger partial charge in [-0.2, -0.15) is 0 Å². The van der Waals surface area contributed by atoms with Crippen LogP contribution in [-0.4, -0.2) is 47.7 Å². The number of thiophene rings is 1. The molecule has 0 aliphatic carbocycles. The quantitative estimate of drug-likeness (QED) is 0.409. The molecule has 1 aliphatic heterocycles. The lowest BCUT2D eigenvalue weighted by atomic mass is 9.81. The fourth-order valence-corrected chi connectivity index (χ4v) is 5.64. The second-order valence-electron chi connectivity index (χ2n) is 8.81. The number of pyridine rings is 1. The van der Waals surface area contributed by atoms with Gasteiger partial charge in [-0.3, -0.25) is 9.78 Å². The summed E-state index contributed by atoms with van der Waals surface area (Å²) in [6.45, 7) is 2.34. The Bertz CT molecular complexity index is 1060. The van der Waals surface area contributed by atoms with Gasteiger partial charge in [-0.15, -0.1) is 11.3 Å². The van der Waals surface area contributed by atoms with E-state index in [9.17, 15) is 9.90 Å². The first-order valence-corrected chi connectivity index (χ1v) is 12.5. The van der Waals surface area contributed by atoms with Crippen LogP contribution in [0.1, 0.15) is 42.3 Å². The van der Waals surface area contributed by atoms with E-state index in [4.69, 9.17) is 4.74 Å². The van der Waals surface area contributed by atoms with Crippen LogP contribution in [0.5, 0.6) is 5.75 Å². The van der Waals surface area contributed by atoms with Gasteiger partial charge in [0.1, 0.15) is 11.9 Å². The minimum atomic E-state index is -1.17. The lowest BCUT2D eigenvalue weighted by Gasteiger charge is -2.36. The summed E-state index contributed by atoms with van der Waals surface area (Å²) in [5, 5.41) is 12.7. The summed E-state index contributed by atoms with van der Waals surface area (Å²) in [4.78, 5) is 20.0. The maximum Gasteiger partial charge on any atom is 0.308 e. The van der Waals surface area contributed by atoms with Crippen molar-refractivity contribution in [3.05, 3.63) is 58.4 Å². The molecular formula is C26H31FN2O3S. The molecule has 7 heteroatoms. The number of piperidine rings is 1. The Morgan fingerprint density at radius 2 is 2.24 bits per heavy atom. The van der Waals surface area contributed by atoms with Crippen molar-refractivity contribution in [3.63, 3.8) is 0 Å². The molecule has 1 aliphatic rings. The van der Waals surface area contributed by atoms with E-state index in [-0.39, 0.29) is 5.92 Å². The molecule has 0 saturated carbocycles. The number of aromatic nitrogens is 1. The second kappa shape index (κ2) is 11.1. The predicted molar refractivity (Wildman–Crippen MR) is 130 cm³/mol. The standard InChI is InChI=1S/C26H31FN2O3S/c1-32-19-7-9-25-22(16-19)21(10-12-28-25)24(27)8-6-18-11-14-29(17-23(18)26(30)31)13-2-4-20-5-3-15-33-20/h3,5,7,9-10,12,15-16,18,23-24H,2,4,6,8,11,13-14,17H2,1H3,(H,30,31)/t18-,23+,24-/m1/s1. The van der Waals surface area contributed by atoms with E-state index < -0.39 is 18.1 Å². The molecule has 1 aromatic carbocycles. The highest BCUT2D eigenvalue weighted by molar-refractivity contribution is 7.09. The average molecular weight is 471 g/mol. The SMILES string of the molecule is COc1ccc2nccc([C@H](F)CC[C@@H]3CCN(CCCc4cccs4)C[C@@H]3C(=O)O)c2c1. The number of benzene rings is 1. The van der Waals surface area contributed by atoms with Crippen LogP contribution < -0.4 is 4.74 Å². The van der Waals surface area contributed by atoms with Crippen molar-refractivity contribution in [1.82, 2.24) is 9.88 Å². The molecule has 0 radical (unpaired) electrons. The fraction of sp³-hybridized carbons (Fsp3) is 0.462. The zero-order valence-electron chi connectivity index (χ0n) is 19.0. The summed E-state index contributed by atoms with van der Waals surface area (Å²) in [7, 11) is 1.59. The summed E-state index contributed by atoms with van der Waals surface area (Å²) in [5.41, 5.74) is 1.33. The lowest BCUT2D eigenvalue weighted by Crippen LogP contribution is -2.44. The molecule has 2 aromatic heterocycles. The molecule has 1 N–H and O–H groups in total. The Balaban J connectivity index is 1.34. The van der Waals surface area contributed by atoms with Crippen LogP contribution >= 0.6 is 11.3 Å². The largest absolute Gasteiger partial charge is 0.497 e. The smallest absolute Gasteiger partial charge is 0.308 e. The maximum atomic E-state index is 15.3. The minimum Gasteiger partial charge on any atom is -0.497 e. The monoisotopic (exact) mass is 470 g/mol. The van der Waals surface area contributed by atoms with Gasteiger partial charge in [-0.05, 0) is 92.4 Å². The highest BCUT2D eigenvalue weighted by Crippen LogP contribution is 2.35. The van der Waals surface area contributed by atoms with E-state index in [0.29, 0.717) is 30.7 Å². The Morgan fingerprint density at radius 1 is 1.36 bits per heavy atom. The molecule has 1 saturated heterocycles. The van der Waals surface area contributed by atoms with Gasteiger partial charge >= 0.3 is 5.97 Å². The number of methoxy groups -OCH3 is 1. The third-order valence-electron chi connectivity index (χ3n) is 6.75. The number of carbonyl (C=O) groups is 1. The Morgan fingerprint density at radius 3 is 3.00 bits per heavy atom. The fourth-order valence-electron chi connectivity index (χ4n) is 4.89. The molecule has 0 unspecified atom stereocenters. The predicted octanol–water partition coefficient (Wildman–Crippen LogP) is 5.75. The molecule has 3 aromatic rings. The van der Waals surface area contributed by atoms with Crippen molar-refractivity contribution in [3.8, 4) is 5.75 Å². The number of aryl methyl sites for hydroxylation is 1. The summed E-state index contributed by atoms with van der Waals surface area (Å²) < 4.78 is 20.6. The van der Waals surface area contributed by atoms with Gasteiger partial charge < -0.3 is 14.7 Å². The minimum absolute atomic E-state index is 0.00284. The Hall–Kier alpha value is -2.51.